The number of aryl methyl sites for hydroxylation is 1. The van der Waals surface area contributed by atoms with Crippen molar-refractivity contribution < 1.29 is 9.59 Å². The van der Waals surface area contributed by atoms with Crippen LogP contribution < -0.4 is 10.2 Å². The van der Waals surface area contributed by atoms with Crippen LogP contribution in [-0.4, -0.2) is 42.9 Å². The van der Waals surface area contributed by atoms with Gasteiger partial charge in [-0.2, -0.15) is 0 Å². The van der Waals surface area contributed by atoms with Gasteiger partial charge in [0, 0.05) is 43.0 Å². The van der Waals surface area contributed by atoms with Crippen LogP contribution in [-0.2, 0) is 0 Å². The minimum Gasteiger partial charge on any atom is -0.367 e. The second kappa shape index (κ2) is 9.23. The van der Waals surface area contributed by atoms with Crippen molar-refractivity contribution in [3.63, 3.8) is 0 Å². The van der Waals surface area contributed by atoms with Crippen LogP contribution in [0.2, 0.25) is 5.02 Å². The molecule has 0 spiro atoms. The second-order valence-electron chi connectivity index (χ2n) is 7.64. The number of piperazine rings is 1. The third-order valence-electron chi connectivity index (χ3n) is 5.41. The minimum atomic E-state index is -0.166. The zero-order chi connectivity index (χ0) is 21.8. The number of amides is 2. The summed E-state index contributed by atoms with van der Waals surface area (Å²) in [5.74, 6) is -0.110. The molecular formula is C25H24ClN3O2. The van der Waals surface area contributed by atoms with Crippen molar-refractivity contribution in [2.24, 2.45) is 0 Å². The number of nitrogens with one attached hydrogen (secondary N) is 1. The van der Waals surface area contributed by atoms with Gasteiger partial charge < -0.3 is 15.1 Å². The first-order chi connectivity index (χ1) is 15.0. The molecule has 0 radical (unpaired) electrons. The average Bonchev–Trinajstić information content (AvgIpc) is 2.79. The predicted octanol–water partition coefficient (Wildman–Crippen LogP) is 4.86. The van der Waals surface area contributed by atoms with E-state index >= 15 is 0 Å². The number of rotatable bonds is 4. The largest absolute Gasteiger partial charge is 0.367 e. The SMILES string of the molecule is Cc1cccc(C(=O)Nc2ccc(N3CCN(C(=O)c4ccccc4)CC3)c(Cl)c2)c1. The van der Waals surface area contributed by atoms with Crippen molar-refractivity contribution in [2.75, 3.05) is 36.4 Å². The van der Waals surface area contributed by atoms with E-state index in [1.807, 2.05) is 72.5 Å². The predicted molar refractivity (Wildman–Crippen MR) is 125 cm³/mol. The molecule has 1 aliphatic rings. The van der Waals surface area contributed by atoms with Crippen LogP contribution in [0.5, 0.6) is 0 Å². The monoisotopic (exact) mass is 433 g/mol. The van der Waals surface area contributed by atoms with Gasteiger partial charge in [-0.25, -0.2) is 0 Å². The van der Waals surface area contributed by atoms with E-state index in [1.54, 1.807) is 12.1 Å². The summed E-state index contributed by atoms with van der Waals surface area (Å²) in [7, 11) is 0. The zero-order valence-corrected chi connectivity index (χ0v) is 18.1. The van der Waals surface area contributed by atoms with Crippen LogP contribution in [0.1, 0.15) is 26.3 Å². The Labute approximate surface area is 187 Å². The molecule has 0 bridgehead atoms. The summed E-state index contributed by atoms with van der Waals surface area (Å²) in [6, 6.07) is 22.3. The van der Waals surface area contributed by atoms with E-state index in [4.69, 9.17) is 11.6 Å². The van der Waals surface area contributed by atoms with Crippen LogP contribution in [0.3, 0.4) is 0 Å². The second-order valence-corrected chi connectivity index (χ2v) is 8.04. The number of nitrogens with zero attached hydrogens (tertiary/aromatic N) is 2. The van der Waals surface area contributed by atoms with E-state index in [0.717, 1.165) is 11.3 Å². The molecule has 1 heterocycles. The normalized spacial score (nSPS) is 13.7. The van der Waals surface area contributed by atoms with E-state index in [9.17, 15) is 9.59 Å². The molecular weight excluding hydrogens is 410 g/mol. The molecule has 31 heavy (non-hydrogen) atoms. The third-order valence-corrected chi connectivity index (χ3v) is 5.72. The number of carbonyl (C=O) groups is 2. The lowest BCUT2D eigenvalue weighted by atomic mass is 10.1. The Morgan fingerprint density at radius 2 is 1.55 bits per heavy atom. The lowest BCUT2D eigenvalue weighted by Crippen LogP contribution is -2.48. The molecule has 158 valence electrons. The average molecular weight is 434 g/mol. The summed E-state index contributed by atoms with van der Waals surface area (Å²) < 4.78 is 0. The molecule has 5 nitrogen and oxygen atoms in total. The number of anilines is 2. The number of hydrogen-bond acceptors (Lipinski definition) is 3. The first-order valence-electron chi connectivity index (χ1n) is 10.3. The quantitative estimate of drug-likeness (QED) is 0.639. The molecule has 4 rings (SSSR count). The van der Waals surface area contributed by atoms with E-state index in [2.05, 4.69) is 10.2 Å². The Kier molecular flexibility index (Phi) is 6.23. The Hall–Kier alpha value is -3.31. The van der Waals surface area contributed by atoms with Crippen molar-refractivity contribution in [3.8, 4) is 0 Å². The molecule has 3 aromatic rings. The third kappa shape index (κ3) is 4.89. The van der Waals surface area contributed by atoms with Gasteiger partial charge in [0.15, 0.2) is 0 Å². The number of halogens is 1. The fourth-order valence-corrected chi connectivity index (χ4v) is 4.04. The van der Waals surface area contributed by atoms with Gasteiger partial charge in [0.05, 0.1) is 10.7 Å². The summed E-state index contributed by atoms with van der Waals surface area (Å²) in [5.41, 5.74) is 3.91. The van der Waals surface area contributed by atoms with Crippen molar-refractivity contribution in [1.29, 1.82) is 0 Å². The van der Waals surface area contributed by atoms with Crippen molar-refractivity contribution in [3.05, 3.63) is 94.5 Å². The molecule has 1 saturated heterocycles. The summed E-state index contributed by atoms with van der Waals surface area (Å²) in [4.78, 5) is 29.2. The number of benzene rings is 3. The summed E-state index contributed by atoms with van der Waals surface area (Å²) in [5, 5.41) is 3.48. The summed E-state index contributed by atoms with van der Waals surface area (Å²) in [6.45, 7) is 4.63. The van der Waals surface area contributed by atoms with E-state index < -0.39 is 0 Å². The van der Waals surface area contributed by atoms with Gasteiger partial charge in [0.25, 0.3) is 11.8 Å². The summed E-state index contributed by atoms with van der Waals surface area (Å²) in [6.07, 6.45) is 0. The van der Waals surface area contributed by atoms with Gasteiger partial charge >= 0.3 is 0 Å². The van der Waals surface area contributed by atoms with Crippen LogP contribution in [0.4, 0.5) is 11.4 Å². The molecule has 6 heteroatoms. The van der Waals surface area contributed by atoms with E-state index in [-0.39, 0.29) is 11.8 Å². The maximum Gasteiger partial charge on any atom is 0.255 e. The fraction of sp³-hybridized carbons (Fsp3) is 0.200. The van der Waals surface area contributed by atoms with Crippen LogP contribution in [0.15, 0.2) is 72.8 Å². The molecule has 0 saturated carbocycles. The molecule has 2 amide bonds. The highest BCUT2D eigenvalue weighted by molar-refractivity contribution is 6.33. The molecule has 1 N–H and O–H groups in total. The molecule has 1 fully saturated rings. The molecule has 0 aliphatic carbocycles. The van der Waals surface area contributed by atoms with Gasteiger partial charge in [-0.05, 0) is 49.4 Å². The van der Waals surface area contributed by atoms with Crippen molar-refractivity contribution in [1.82, 2.24) is 4.90 Å². The van der Waals surface area contributed by atoms with E-state index in [0.29, 0.717) is 48.0 Å². The summed E-state index contributed by atoms with van der Waals surface area (Å²) >= 11 is 6.54. The minimum absolute atomic E-state index is 0.0561. The van der Waals surface area contributed by atoms with Crippen molar-refractivity contribution in [2.45, 2.75) is 6.92 Å². The standard InChI is InChI=1S/C25H24ClN3O2/c1-18-6-5-9-20(16-18)24(30)27-21-10-11-23(22(26)17-21)28-12-14-29(15-13-28)25(31)19-7-3-2-4-8-19/h2-11,16-17H,12-15H2,1H3,(H,27,30). The maximum atomic E-state index is 12.6. The van der Waals surface area contributed by atoms with E-state index in [1.165, 1.54) is 0 Å². The van der Waals surface area contributed by atoms with Gasteiger partial charge in [0.1, 0.15) is 0 Å². The highest BCUT2D eigenvalue weighted by atomic mass is 35.5. The fourth-order valence-electron chi connectivity index (χ4n) is 3.74. The Morgan fingerprint density at radius 1 is 0.839 bits per heavy atom. The maximum absolute atomic E-state index is 12.6. The highest BCUT2D eigenvalue weighted by Gasteiger charge is 2.23. The molecule has 0 aromatic heterocycles. The smallest absolute Gasteiger partial charge is 0.255 e. The van der Waals surface area contributed by atoms with Crippen LogP contribution in [0, 0.1) is 6.92 Å². The van der Waals surface area contributed by atoms with Gasteiger partial charge in [-0.3, -0.25) is 9.59 Å². The highest BCUT2D eigenvalue weighted by Crippen LogP contribution is 2.30. The molecule has 0 unspecified atom stereocenters. The molecule has 1 aliphatic heterocycles. The van der Waals surface area contributed by atoms with Crippen molar-refractivity contribution >= 4 is 34.8 Å². The van der Waals surface area contributed by atoms with Crippen LogP contribution in [0.25, 0.3) is 0 Å². The Bertz CT molecular complexity index is 1090. The lowest BCUT2D eigenvalue weighted by molar-refractivity contribution is 0.0746. The van der Waals surface area contributed by atoms with Gasteiger partial charge in [-0.1, -0.05) is 47.5 Å². The Balaban J connectivity index is 1.39. The Morgan fingerprint density at radius 3 is 2.23 bits per heavy atom. The first-order valence-corrected chi connectivity index (χ1v) is 10.7. The molecule has 3 aromatic carbocycles. The zero-order valence-electron chi connectivity index (χ0n) is 17.3. The topological polar surface area (TPSA) is 52.7 Å². The first kappa shape index (κ1) is 20.9. The number of carbonyl (C=O) groups excluding carboxylic acids is 2. The van der Waals surface area contributed by atoms with Gasteiger partial charge in [0.2, 0.25) is 0 Å². The number of hydrogen-bond donors (Lipinski definition) is 1. The van der Waals surface area contributed by atoms with Crippen LogP contribution >= 0.6 is 11.6 Å². The van der Waals surface area contributed by atoms with Gasteiger partial charge in [-0.15, -0.1) is 0 Å². The molecule has 0 atom stereocenters. The lowest BCUT2D eigenvalue weighted by Gasteiger charge is -2.36.